The molecule has 5 rings (SSSR count). The van der Waals surface area contributed by atoms with Crippen LogP contribution in [0.2, 0.25) is 1.41 Å². The van der Waals surface area contributed by atoms with E-state index < -0.39 is 36.3 Å². The van der Waals surface area contributed by atoms with Crippen molar-refractivity contribution in [2.45, 2.75) is 38.5 Å². The molecule has 3 heterocycles. The van der Waals surface area contributed by atoms with Crippen LogP contribution in [0.4, 0.5) is 0 Å². The molecule has 0 radical (unpaired) electrons. The zero-order valence-electron chi connectivity index (χ0n) is 24.4. The Labute approximate surface area is 206 Å². The molecule has 8 nitrogen and oxygen atoms in total. The number of piperidine rings is 1. The van der Waals surface area contributed by atoms with Crippen LogP contribution >= 0.6 is 0 Å². The number of hydrogen-bond acceptors (Lipinski definition) is 5. The van der Waals surface area contributed by atoms with E-state index in [0.717, 1.165) is 11.1 Å². The largest absolute Gasteiger partial charge is 0.489 e. The Kier molecular flexibility index (Phi) is 4.39. The van der Waals surface area contributed by atoms with Crippen molar-refractivity contribution in [1.82, 2.24) is 15.1 Å². The Hall–Kier alpha value is -3.65. The van der Waals surface area contributed by atoms with E-state index in [0.29, 0.717) is 35.9 Å². The van der Waals surface area contributed by atoms with Crippen LogP contribution < -0.4 is 10.0 Å². The molecule has 2 fully saturated rings. The summed E-state index contributed by atoms with van der Waals surface area (Å²) < 4.78 is 61.0. The van der Waals surface area contributed by atoms with Gasteiger partial charge in [-0.3, -0.25) is 14.4 Å². The number of carbonyl (C=O) groups excluding carboxylic acids is 3. The molecule has 3 amide bonds. The molecule has 8 heteroatoms. The summed E-state index contributed by atoms with van der Waals surface area (Å²) in [6.45, 7) is 4.64. The van der Waals surface area contributed by atoms with Gasteiger partial charge in [-0.15, -0.1) is 0 Å². The summed E-state index contributed by atoms with van der Waals surface area (Å²) in [5.74, 6) is -2.03. The highest BCUT2D eigenvalue weighted by Crippen LogP contribution is 2.34. The predicted octanol–water partition coefficient (Wildman–Crippen LogP) is 2.37. The van der Waals surface area contributed by atoms with Gasteiger partial charge >= 0.3 is 0 Å². The minimum absolute atomic E-state index is 0.0562. The average Bonchev–Trinajstić information content (AvgIpc) is 3.28. The van der Waals surface area contributed by atoms with Gasteiger partial charge < -0.3 is 24.6 Å². The summed E-state index contributed by atoms with van der Waals surface area (Å²) in [6, 6.07) is 9.05. The fourth-order valence-corrected chi connectivity index (χ4v) is 4.03. The van der Waals surface area contributed by atoms with Gasteiger partial charge in [0.1, 0.15) is 25.0 Å². The highest BCUT2D eigenvalue weighted by molar-refractivity contribution is 6.02. The van der Waals surface area contributed by atoms with Crippen LogP contribution in [0, 0.1) is 0 Å². The smallest absolute Gasteiger partial charge is 0.255 e. The second-order valence-electron chi connectivity index (χ2n) is 8.11. The number of amides is 3. The summed E-state index contributed by atoms with van der Waals surface area (Å²) in [5, 5.41) is 0.0562. The number of benzene rings is 2. The zero-order chi connectivity index (χ0) is 29.0. The van der Waals surface area contributed by atoms with E-state index >= 15 is 0 Å². The highest BCUT2D eigenvalue weighted by atomic mass is 16.5. The SMILES string of the molecule is [2H]N1C(=C)C([2H])([2H])C([2H])([2H])C([2H])(N2Cc3c(OCc4ccc(CN5CCOCC5=O)cc4)cccc3C2=O)C1=O. The van der Waals surface area contributed by atoms with Crippen LogP contribution in [0.5, 0.6) is 5.75 Å². The zero-order valence-corrected chi connectivity index (χ0v) is 18.4. The van der Waals surface area contributed by atoms with Crippen molar-refractivity contribution >= 4 is 17.7 Å². The molecule has 2 aromatic rings. The van der Waals surface area contributed by atoms with Crippen molar-refractivity contribution < 1.29 is 32.1 Å². The van der Waals surface area contributed by atoms with Crippen molar-refractivity contribution in [3.63, 3.8) is 0 Å². The number of morpholine rings is 1. The standard InChI is InChI=1S/C26H27N3O5/c1-17-5-10-22(25(31)27-17)29-14-21-20(26(29)32)3-2-4-23(21)34-15-19-8-6-18(7-9-19)13-28-11-12-33-16-24(28)30/h2-4,6-9,22H,1,5,10-16H2,(H,27,31)/i5D2,10D2,22D/hD. The lowest BCUT2D eigenvalue weighted by Gasteiger charge is -2.31. The lowest BCUT2D eigenvalue weighted by atomic mass is 10.0. The molecular formula is C26H27N3O5. The molecule has 0 bridgehead atoms. The van der Waals surface area contributed by atoms with E-state index in [1.807, 2.05) is 24.3 Å². The molecule has 176 valence electrons. The first kappa shape index (κ1) is 16.1. The van der Waals surface area contributed by atoms with E-state index in [9.17, 15) is 14.4 Å². The van der Waals surface area contributed by atoms with Crippen molar-refractivity contribution in [3.8, 4) is 5.75 Å². The van der Waals surface area contributed by atoms with Crippen LogP contribution in [0.25, 0.3) is 0 Å². The van der Waals surface area contributed by atoms with Gasteiger partial charge in [-0.25, -0.2) is 0 Å². The van der Waals surface area contributed by atoms with Gasteiger partial charge in [0.2, 0.25) is 11.8 Å². The molecular weight excluding hydrogens is 434 g/mol. The first-order chi connectivity index (χ1) is 18.8. The lowest BCUT2D eigenvalue weighted by molar-refractivity contribution is -0.143. The molecule has 2 aromatic carbocycles. The number of allylic oxidation sites excluding steroid dienone is 1. The molecule has 0 aliphatic carbocycles. The summed E-state index contributed by atoms with van der Waals surface area (Å²) >= 11 is 0. The Morgan fingerprint density at radius 1 is 1.21 bits per heavy atom. The molecule has 1 atom stereocenters. The van der Waals surface area contributed by atoms with Crippen molar-refractivity contribution in [1.29, 1.82) is 0 Å². The number of fused-ring (bicyclic) bond motifs is 1. The Morgan fingerprint density at radius 3 is 2.79 bits per heavy atom. The summed E-state index contributed by atoms with van der Waals surface area (Å²) in [4.78, 5) is 40.7. The summed E-state index contributed by atoms with van der Waals surface area (Å²) in [7, 11) is 0. The third-order valence-electron chi connectivity index (χ3n) is 5.83. The molecule has 1 N–H and O–H groups in total. The van der Waals surface area contributed by atoms with Gasteiger partial charge in [0.05, 0.1) is 14.5 Å². The van der Waals surface area contributed by atoms with Crippen LogP contribution in [0.3, 0.4) is 0 Å². The Balaban J connectivity index is 1.34. The number of carbonyl (C=O) groups is 3. The summed E-state index contributed by atoms with van der Waals surface area (Å²) in [5.41, 5.74) is 1.43. The van der Waals surface area contributed by atoms with Gasteiger partial charge in [0, 0.05) is 35.4 Å². The fourth-order valence-electron chi connectivity index (χ4n) is 4.03. The van der Waals surface area contributed by atoms with Crippen molar-refractivity contribution in [3.05, 3.63) is 77.0 Å². The summed E-state index contributed by atoms with van der Waals surface area (Å²) in [6.07, 6.45) is -6.18. The topological polar surface area (TPSA) is 88.2 Å². The molecule has 0 spiro atoms. The molecule has 34 heavy (non-hydrogen) atoms. The minimum atomic E-state index is -3.21. The maximum Gasteiger partial charge on any atom is 0.255 e. The second-order valence-corrected chi connectivity index (χ2v) is 8.11. The van der Waals surface area contributed by atoms with E-state index in [-0.39, 0.29) is 36.5 Å². The third kappa shape index (κ3) is 4.41. The van der Waals surface area contributed by atoms with Crippen molar-refractivity contribution in [2.24, 2.45) is 0 Å². The van der Waals surface area contributed by atoms with Crippen LogP contribution in [-0.2, 0) is 34.0 Å². The monoisotopic (exact) mass is 467 g/mol. The molecule has 0 aromatic heterocycles. The number of nitrogens with one attached hydrogen (secondary N) is 1. The quantitative estimate of drug-likeness (QED) is 0.705. The molecule has 2 saturated heterocycles. The van der Waals surface area contributed by atoms with Crippen LogP contribution in [0.15, 0.2) is 54.7 Å². The Bertz CT molecular complexity index is 1400. The maximum atomic E-state index is 13.4. The average molecular weight is 468 g/mol. The van der Waals surface area contributed by atoms with Gasteiger partial charge in [0.25, 0.3) is 5.91 Å². The van der Waals surface area contributed by atoms with E-state index in [1.165, 1.54) is 6.07 Å². The van der Waals surface area contributed by atoms with Gasteiger partial charge in [-0.1, -0.05) is 36.9 Å². The first-order valence-corrected chi connectivity index (χ1v) is 10.8. The second kappa shape index (κ2) is 9.30. The van der Waals surface area contributed by atoms with Gasteiger partial charge in [-0.2, -0.15) is 0 Å². The predicted molar refractivity (Wildman–Crippen MR) is 124 cm³/mol. The van der Waals surface area contributed by atoms with E-state index in [2.05, 4.69) is 6.58 Å². The van der Waals surface area contributed by atoms with Gasteiger partial charge in [0.15, 0.2) is 1.41 Å². The lowest BCUT2D eigenvalue weighted by Crippen LogP contribution is -2.49. The number of rotatable bonds is 6. The number of nitrogens with zero attached hydrogens (tertiary/aromatic N) is 2. The van der Waals surface area contributed by atoms with Crippen molar-refractivity contribution in [2.75, 3.05) is 19.8 Å². The number of ether oxygens (including phenoxy) is 2. The normalized spacial score (nSPS) is 28.4. The number of hydrogen-bond donors (Lipinski definition) is 1. The van der Waals surface area contributed by atoms with Crippen LogP contribution in [0.1, 0.15) is 46.6 Å². The third-order valence-corrected chi connectivity index (χ3v) is 5.83. The van der Waals surface area contributed by atoms with Crippen LogP contribution in [-0.4, -0.2) is 53.3 Å². The molecule has 3 aliphatic rings. The minimum Gasteiger partial charge on any atom is -0.489 e. The molecule has 0 saturated carbocycles. The first-order valence-electron chi connectivity index (χ1n) is 13.8. The Morgan fingerprint density at radius 2 is 2.00 bits per heavy atom. The molecule has 1 unspecified atom stereocenters. The fraction of sp³-hybridized carbons (Fsp3) is 0.346. The van der Waals surface area contributed by atoms with E-state index in [1.54, 1.807) is 17.0 Å². The van der Waals surface area contributed by atoms with E-state index in [4.69, 9.17) is 17.7 Å². The van der Waals surface area contributed by atoms with Gasteiger partial charge in [-0.05, 0) is 36.0 Å². The highest BCUT2D eigenvalue weighted by Gasteiger charge is 2.39. The maximum absolute atomic E-state index is 13.4. The molecule has 3 aliphatic heterocycles.